The van der Waals surface area contributed by atoms with Crippen molar-refractivity contribution in [1.29, 1.82) is 0 Å². The van der Waals surface area contributed by atoms with Gasteiger partial charge in [-0.15, -0.1) is 0 Å². The van der Waals surface area contributed by atoms with Gasteiger partial charge in [0.2, 0.25) is 5.82 Å². The molecule has 0 aliphatic rings. The van der Waals surface area contributed by atoms with Crippen LogP contribution >= 0.6 is 0 Å². The number of carboxylic acids is 1. The second-order valence-electron chi connectivity index (χ2n) is 3.41. The highest BCUT2D eigenvalue weighted by Crippen LogP contribution is 2.22. The predicted octanol–water partition coefficient (Wildman–Crippen LogP) is 0.924. The first-order valence-electron chi connectivity index (χ1n) is 4.93. The third-order valence-corrected chi connectivity index (χ3v) is 2.07. The molecule has 0 amide bonds. The fraction of sp³-hybridized carbons (Fsp3) is 0.100. The molecule has 9 heteroatoms. The van der Waals surface area contributed by atoms with E-state index in [-0.39, 0.29) is 16.2 Å². The first-order valence-corrected chi connectivity index (χ1v) is 4.93. The molecule has 0 unspecified atom stereocenters. The number of ether oxygens (including phenoxy) is 1. The summed E-state index contributed by atoms with van der Waals surface area (Å²) in [5.74, 6) is -3.33. The molecular formula is C10H7F2N3O4. The summed E-state index contributed by atoms with van der Waals surface area (Å²) in [5.41, 5.74) is -0.207. The van der Waals surface area contributed by atoms with Gasteiger partial charge in [-0.3, -0.25) is 0 Å². The van der Waals surface area contributed by atoms with E-state index in [9.17, 15) is 18.8 Å². The number of halogens is 2. The molecule has 1 heterocycles. The highest BCUT2D eigenvalue weighted by atomic mass is 19.1. The number of benzene rings is 1. The minimum absolute atomic E-state index is 0.207. The smallest absolute Gasteiger partial charge is 0.341 e. The molecule has 0 aliphatic heterocycles. The maximum absolute atomic E-state index is 13.5. The second kappa shape index (κ2) is 4.88. The molecule has 0 aliphatic carbocycles. The molecule has 0 bridgehead atoms. The summed E-state index contributed by atoms with van der Waals surface area (Å²) in [4.78, 5) is 14.1. The molecule has 0 spiro atoms. The molecule has 0 saturated heterocycles. The van der Waals surface area contributed by atoms with E-state index in [0.29, 0.717) is 6.07 Å². The van der Waals surface area contributed by atoms with E-state index in [1.807, 2.05) is 0 Å². The van der Waals surface area contributed by atoms with E-state index in [4.69, 9.17) is 5.11 Å². The Labute approximate surface area is 104 Å². The van der Waals surface area contributed by atoms with Crippen molar-refractivity contribution in [2.24, 2.45) is 0 Å². The van der Waals surface area contributed by atoms with Crippen LogP contribution in [0.15, 0.2) is 18.2 Å². The number of carboxylic acid groups (broad SMARTS) is 1. The Balaban J connectivity index is 2.32. The van der Waals surface area contributed by atoms with Crippen LogP contribution in [-0.2, 0) is 4.79 Å². The fourth-order valence-corrected chi connectivity index (χ4v) is 1.31. The minimum atomic E-state index is -1.26. The zero-order valence-electron chi connectivity index (χ0n) is 9.25. The number of aromatic nitrogens is 3. The van der Waals surface area contributed by atoms with Gasteiger partial charge in [-0.25, -0.2) is 13.6 Å². The lowest BCUT2D eigenvalue weighted by Gasteiger charge is -1.99. The maximum Gasteiger partial charge on any atom is 0.341 e. The van der Waals surface area contributed by atoms with E-state index in [2.05, 4.69) is 14.8 Å². The Bertz CT molecular complexity index is 629. The van der Waals surface area contributed by atoms with Crippen LogP contribution in [0.4, 0.5) is 8.78 Å². The van der Waals surface area contributed by atoms with Gasteiger partial charge < -0.3 is 15.1 Å². The van der Waals surface area contributed by atoms with Crippen molar-refractivity contribution in [3.8, 4) is 17.4 Å². The molecule has 0 fully saturated rings. The summed E-state index contributed by atoms with van der Waals surface area (Å²) in [7, 11) is 0. The highest BCUT2D eigenvalue weighted by molar-refractivity contribution is 5.68. The fourth-order valence-electron chi connectivity index (χ4n) is 1.31. The lowest BCUT2D eigenvalue weighted by Crippen LogP contribution is -2.10. The third kappa shape index (κ3) is 2.76. The van der Waals surface area contributed by atoms with Crippen molar-refractivity contribution >= 4 is 5.97 Å². The monoisotopic (exact) mass is 271 g/mol. The zero-order valence-corrected chi connectivity index (χ0v) is 9.25. The van der Waals surface area contributed by atoms with Crippen LogP contribution in [0.3, 0.4) is 0 Å². The summed E-state index contributed by atoms with van der Waals surface area (Å²) >= 11 is 0. The first kappa shape index (κ1) is 12.7. The number of hydrogen-bond acceptors (Lipinski definition) is 5. The molecule has 0 saturated carbocycles. The Morgan fingerprint density at radius 2 is 2.16 bits per heavy atom. The number of rotatable bonds is 4. The largest absolute Gasteiger partial charge is 0.479 e. The summed E-state index contributed by atoms with van der Waals surface area (Å²) in [6, 6.07) is 2.21. The first-order chi connectivity index (χ1) is 8.97. The molecule has 100 valence electrons. The minimum Gasteiger partial charge on any atom is -0.479 e. The van der Waals surface area contributed by atoms with Crippen LogP contribution in [0.1, 0.15) is 0 Å². The van der Waals surface area contributed by atoms with E-state index >= 15 is 0 Å². The normalized spacial score (nSPS) is 10.4. The van der Waals surface area contributed by atoms with Crippen LogP contribution < -0.4 is 4.74 Å². The van der Waals surface area contributed by atoms with Crippen LogP contribution in [0, 0.1) is 11.6 Å². The molecule has 2 rings (SSSR count). The van der Waals surface area contributed by atoms with Gasteiger partial charge >= 0.3 is 12.0 Å². The Kier molecular flexibility index (Phi) is 3.27. The Hall–Kier alpha value is -2.71. The molecule has 1 aromatic carbocycles. The average Bonchev–Trinajstić information content (AvgIpc) is 2.68. The van der Waals surface area contributed by atoms with Crippen molar-refractivity contribution < 1.29 is 28.6 Å². The number of nitrogens with zero attached hydrogens (tertiary/aromatic N) is 3. The molecule has 19 heavy (non-hydrogen) atoms. The van der Waals surface area contributed by atoms with Crippen molar-refractivity contribution in [3.63, 3.8) is 0 Å². The molecule has 7 nitrogen and oxygen atoms in total. The highest BCUT2D eigenvalue weighted by Gasteiger charge is 2.17. The average molecular weight is 271 g/mol. The number of carbonyl (C=O) groups is 1. The van der Waals surface area contributed by atoms with Crippen molar-refractivity contribution in [2.75, 3.05) is 6.61 Å². The predicted molar refractivity (Wildman–Crippen MR) is 55.7 cm³/mol. The molecular weight excluding hydrogens is 264 g/mol. The standard InChI is InChI=1S/C10H7F2N3O4/c11-5-1-2-6(7(12)3-5)9-13-10(14-15(9)18)19-4-8(16)17/h1-3,18H,4H2,(H,16,17). The zero-order chi connectivity index (χ0) is 14.0. The van der Waals surface area contributed by atoms with Crippen molar-refractivity contribution in [2.45, 2.75) is 0 Å². The van der Waals surface area contributed by atoms with E-state index in [1.165, 1.54) is 0 Å². The van der Waals surface area contributed by atoms with Crippen LogP contribution in [0.5, 0.6) is 6.01 Å². The van der Waals surface area contributed by atoms with Gasteiger partial charge in [0.25, 0.3) is 0 Å². The van der Waals surface area contributed by atoms with Crippen LogP contribution in [0.25, 0.3) is 11.4 Å². The Morgan fingerprint density at radius 1 is 1.42 bits per heavy atom. The van der Waals surface area contributed by atoms with Gasteiger partial charge in [-0.1, -0.05) is 9.94 Å². The van der Waals surface area contributed by atoms with Crippen LogP contribution in [0.2, 0.25) is 0 Å². The summed E-state index contributed by atoms with van der Waals surface area (Å²) in [6.07, 6.45) is 0. The van der Waals surface area contributed by atoms with E-state index < -0.39 is 30.2 Å². The quantitative estimate of drug-likeness (QED) is 0.802. The van der Waals surface area contributed by atoms with Crippen molar-refractivity contribution in [1.82, 2.24) is 14.9 Å². The molecule has 2 aromatic rings. The van der Waals surface area contributed by atoms with Crippen molar-refractivity contribution in [3.05, 3.63) is 29.8 Å². The summed E-state index contributed by atoms with van der Waals surface area (Å²) in [5, 5.41) is 21.1. The molecule has 0 radical (unpaired) electrons. The lowest BCUT2D eigenvalue weighted by atomic mass is 10.2. The van der Waals surface area contributed by atoms with E-state index in [0.717, 1.165) is 12.1 Å². The van der Waals surface area contributed by atoms with Gasteiger partial charge in [0, 0.05) is 6.07 Å². The Morgan fingerprint density at radius 3 is 2.79 bits per heavy atom. The molecule has 1 aromatic heterocycles. The topological polar surface area (TPSA) is 97.5 Å². The number of hydrogen-bond donors (Lipinski definition) is 2. The summed E-state index contributed by atoms with van der Waals surface area (Å²) < 4.78 is 30.8. The van der Waals surface area contributed by atoms with E-state index in [1.54, 1.807) is 0 Å². The maximum atomic E-state index is 13.5. The van der Waals surface area contributed by atoms with Gasteiger partial charge in [-0.2, -0.15) is 4.98 Å². The second-order valence-corrected chi connectivity index (χ2v) is 3.41. The lowest BCUT2D eigenvalue weighted by molar-refractivity contribution is -0.139. The van der Waals surface area contributed by atoms with Gasteiger partial charge in [0.1, 0.15) is 11.6 Å². The summed E-state index contributed by atoms with van der Waals surface area (Å²) in [6.45, 7) is -0.713. The third-order valence-electron chi connectivity index (χ3n) is 2.07. The van der Waals surface area contributed by atoms with Gasteiger partial charge in [0.15, 0.2) is 6.61 Å². The van der Waals surface area contributed by atoms with Gasteiger partial charge in [0.05, 0.1) is 5.56 Å². The molecule has 2 N–H and O–H groups in total. The van der Waals surface area contributed by atoms with Crippen LogP contribution in [-0.4, -0.2) is 37.8 Å². The molecule has 0 atom stereocenters. The van der Waals surface area contributed by atoms with Gasteiger partial charge in [-0.05, 0) is 12.1 Å². The number of aliphatic carboxylic acids is 1. The SMILES string of the molecule is O=C(O)COc1nc(-c2ccc(F)cc2F)n(O)n1.